The van der Waals surface area contributed by atoms with Crippen LogP contribution in [0.15, 0.2) is 0 Å². The summed E-state index contributed by atoms with van der Waals surface area (Å²) in [5.41, 5.74) is 1.34. The van der Waals surface area contributed by atoms with Gasteiger partial charge in [-0.15, -0.1) is 0 Å². The highest BCUT2D eigenvalue weighted by molar-refractivity contribution is 5.17. The SMILES string of the molecule is COC1CCC2(CO2)C(C2(C)CC2CC2CCC2(C)C)C1C. The molecule has 0 N–H and O–H groups in total. The Kier molecular flexibility index (Phi) is 3.32. The van der Waals surface area contributed by atoms with Gasteiger partial charge in [0.1, 0.15) is 0 Å². The highest BCUT2D eigenvalue weighted by atomic mass is 16.6. The van der Waals surface area contributed by atoms with E-state index in [0.29, 0.717) is 28.8 Å². The van der Waals surface area contributed by atoms with E-state index in [0.717, 1.165) is 18.4 Å². The molecule has 7 unspecified atom stereocenters. The van der Waals surface area contributed by atoms with E-state index in [1.54, 1.807) is 0 Å². The fourth-order valence-electron chi connectivity index (χ4n) is 6.36. The zero-order valence-corrected chi connectivity index (χ0v) is 15.2. The van der Waals surface area contributed by atoms with Gasteiger partial charge < -0.3 is 9.47 Å². The Labute approximate surface area is 136 Å². The van der Waals surface area contributed by atoms with Crippen LogP contribution in [-0.2, 0) is 9.47 Å². The normalized spacial score (nSPS) is 55.8. The molecule has 22 heavy (non-hydrogen) atoms. The molecule has 4 fully saturated rings. The smallest absolute Gasteiger partial charge is 0.0954 e. The lowest BCUT2D eigenvalue weighted by atomic mass is 9.59. The lowest BCUT2D eigenvalue weighted by molar-refractivity contribution is -0.0583. The van der Waals surface area contributed by atoms with Crippen LogP contribution in [0.2, 0.25) is 0 Å². The predicted molar refractivity (Wildman–Crippen MR) is 88.7 cm³/mol. The van der Waals surface area contributed by atoms with E-state index >= 15 is 0 Å². The van der Waals surface area contributed by atoms with Crippen LogP contribution in [0.25, 0.3) is 0 Å². The highest BCUT2D eigenvalue weighted by Crippen LogP contribution is 2.70. The van der Waals surface area contributed by atoms with Crippen molar-refractivity contribution in [1.82, 2.24) is 0 Å². The molecule has 4 rings (SSSR count). The number of hydrogen-bond donors (Lipinski definition) is 0. The molecule has 0 aromatic rings. The minimum Gasteiger partial charge on any atom is -0.381 e. The summed E-state index contributed by atoms with van der Waals surface area (Å²) in [6, 6.07) is 0. The summed E-state index contributed by atoms with van der Waals surface area (Å²) in [4.78, 5) is 0. The molecule has 2 nitrogen and oxygen atoms in total. The second-order valence-corrected chi connectivity index (χ2v) is 9.87. The molecule has 1 heterocycles. The summed E-state index contributed by atoms with van der Waals surface area (Å²) in [5.74, 6) is 3.26. The van der Waals surface area contributed by atoms with Crippen molar-refractivity contribution in [3.63, 3.8) is 0 Å². The van der Waals surface area contributed by atoms with Crippen molar-refractivity contribution in [1.29, 1.82) is 0 Å². The standard InChI is InChI=1S/C20H34O2/c1-13-16(21-5)7-9-20(12-22-20)17(13)19(4)11-15(19)10-14-6-8-18(14,2)3/h13-17H,6-12H2,1-5H3. The van der Waals surface area contributed by atoms with Gasteiger partial charge in [-0.1, -0.05) is 27.7 Å². The second-order valence-electron chi connectivity index (χ2n) is 9.87. The molecular formula is C20H34O2. The number of ether oxygens (including phenoxy) is 2. The van der Waals surface area contributed by atoms with Crippen molar-refractivity contribution >= 4 is 0 Å². The van der Waals surface area contributed by atoms with Gasteiger partial charge in [0.15, 0.2) is 0 Å². The Morgan fingerprint density at radius 2 is 1.82 bits per heavy atom. The fourth-order valence-corrected chi connectivity index (χ4v) is 6.36. The zero-order chi connectivity index (χ0) is 15.8. The van der Waals surface area contributed by atoms with E-state index in [1.165, 1.54) is 38.5 Å². The van der Waals surface area contributed by atoms with Crippen molar-refractivity contribution in [2.24, 2.45) is 34.5 Å². The van der Waals surface area contributed by atoms with Gasteiger partial charge in [0, 0.05) is 13.0 Å². The van der Waals surface area contributed by atoms with E-state index in [4.69, 9.17) is 9.47 Å². The molecule has 0 bridgehead atoms. The van der Waals surface area contributed by atoms with Crippen LogP contribution >= 0.6 is 0 Å². The van der Waals surface area contributed by atoms with E-state index in [9.17, 15) is 0 Å². The lowest BCUT2D eigenvalue weighted by Crippen LogP contribution is -2.47. The maximum Gasteiger partial charge on any atom is 0.0954 e. The molecular weight excluding hydrogens is 272 g/mol. The Morgan fingerprint density at radius 1 is 1.09 bits per heavy atom. The van der Waals surface area contributed by atoms with Gasteiger partial charge in [0.2, 0.25) is 0 Å². The molecule has 1 aliphatic heterocycles. The molecule has 7 atom stereocenters. The van der Waals surface area contributed by atoms with Crippen LogP contribution in [0, 0.1) is 34.5 Å². The van der Waals surface area contributed by atoms with Crippen LogP contribution in [-0.4, -0.2) is 25.4 Å². The minimum atomic E-state index is 0.229. The molecule has 0 amide bonds. The zero-order valence-electron chi connectivity index (χ0n) is 15.2. The van der Waals surface area contributed by atoms with Crippen LogP contribution in [0.3, 0.4) is 0 Å². The van der Waals surface area contributed by atoms with Crippen LogP contribution < -0.4 is 0 Å². The first-order chi connectivity index (χ1) is 10.3. The summed E-state index contributed by atoms with van der Waals surface area (Å²) >= 11 is 0. The monoisotopic (exact) mass is 306 g/mol. The molecule has 3 aliphatic carbocycles. The maximum absolute atomic E-state index is 6.06. The molecule has 0 radical (unpaired) electrons. The highest BCUT2D eigenvalue weighted by Gasteiger charge is 2.69. The van der Waals surface area contributed by atoms with Gasteiger partial charge in [-0.3, -0.25) is 0 Å². The molecule has 0 aromatic carbocycles. The van der Waals surface area contributed by atoms with Crippen molar-refractivity contribution < 1.29 is 9.47 Å². The van der Waals surface area contributed by atoms with Gasteiger partial charge in [-0.05, 0) is 67.1 Å². The lowest BCUT2D eigenvalue weighted by Gasteiger charge is -2.46. The average Bonchev–Trinajstić information content (AvgIpc) is 3.35. The van der Waals surface area contributed by atoms with Crippen molar-refractivity contribution in [2.45, 2.75) is 77.9 Å². The van der Waals surface area contributed by atoms with Gasteiger partial charge in [-0.2, -0.15) is 0 Å². The van der Waals surface area contributed by atoms with Gasteiger partial charge in [0.05, 0.1) is 18.3 Å². The third-order valence-electron chi connectivity index (χ3n) is 8.33. The van der Waals surface area contributed by atoms with Gasteiger partial charge in [-0.25, -0.2) is 0 Å². The predicted octanol–water partition coefficient (Wildman–Crippen LogP) is 4.67. The van der Waals surface area contributed by atoms with E-state index in [-0.39, 0.29) is 5.60 Å². The quantitative estimate of drug-likeness (QED) is 0.704. The van der Waals surface area contributed by atoms with Crippen molar-refractivity contribution in [3.8, 4) is 0 Å². The van der Waals surface area contributed by atoms with Crippen molar-refractivity contribution in [2.75, 3.05) is 13.7 Å². The van der Waals surface area contributed by atoms with E-state index in [2.05, 4.69) is 27.7 Å². The average molecular weight is 306 g/mol. The minimum absolute atomic E-state index is 0.229. The molecule has 126 valence electrons. The van der Waals surface area contributed by atoms with Crippen LogP contribution in [0.1, 0.15) is 66.2 Å². The maximum atomic E-state index is 6.06. The number of methoxy groups -OCH3 is 1. The fraction of sp³-hybridized carbons (Fsp3) is 1.00. The molecule has 1 saturated heterocycles. The molecule has 4 aliphatic rings. The Balaban J connectivity index is 1.48. The van der Waals surface area contributed by atoms with E-state index < -0.39 is 0 Å². The Morgan fingerprint density at radius 3 is 2.32 bits per heavy atom. The number of epoxide rings is 1. The summed E-state index contributed by atoms with van der Waals surface area (Å²) < 4.78 is 11.9. The summed E-state index contributed by atoms with van der Waals surface area (Å²) in [7, 11) is 1.90. The summed E-state index contributed by atoms with van der Waals surface area (Å²) in [5, 5.41) is 0. The first kappa shape index (κ1) is 15.4. The largest absolute Gasteiger partial charge is 0.381 e. The van der Waals surface area contributed by atoms with E-state index in [1.807, 2.05) is 7.11 Å². The second kappa shape index (κ2) is 4.72. The Hall–Kier alpha value is -0.0800. The first-order valence-corrected chi connectivity index (χ1v) is 9.49. The first-order valence-electron chi connectivity index (χ1n) is 9.49. The third kappa shape index (κ3) is 2.13. The topological polar surface area (TPSA) is 21.8 Å². The Bertz CT molecular complexity index is 453. The molecule has 3 saturated carbocycles. The summed E-state index contributed by atoms with van der Waals surface area (Å²) in [6.45, 7) is 10.9. The third-order valence-corrected chi connectivity index (χ3v) is 8.33. The van der Waals surface area contributed by atoms with Gasteiger partial charge >= 0.3 is 0 Å². The summed E-state index contributed by atoms with van der Waals surface area (Å²) in [6.07, 6.45) is 8.62. The van der Waals surface area contributed by atoms with Crippen LogP contribution in [0.5, 0.6) is 0 Å². The van der Waals surface area contributed by atoms with Crippen LogP contribution in [0.4, 0.5) is 0 Å². The number of hydrogen-bond acceptors (Lipinski definition) is 2. The number of rotatable bonds is 4. The molecule has 0 aromatic heterocycles. The molecule has 2 heteroatoms. The molecule has 1 spiro atoms. The van der Waals surface area contributed by atoms with Gasteiger partial charge in [0.25, 0.3) is 0 Å². The van der Waals surface area contributed by atoms with Crippen molar-refractivity contribution in [3.05, 3.63) is 0 Å².